The number of nitrogens with one attached hydrogen (secondary N) is 1. The van der Waals surface area contributed by atoms with Gasteiger partial charge in [-0.15, -0.1) is 0 Å². The molecule has 0 radical (unpaired) electrons. The second-order valence-electron chi connectivity index (χ2n) is 11.2. The number of aliphatic imine (C=N–C) groups is 1. The van der Waals surface area contributed by atoms with Gasteiger partial charge in [-0.25, -0.2) is 0 Å². The van der Waals surface area contributed by atoms with Crippen molar-refractivity contribution in [1.29, 1.82) is 0 Å². The number of hydrogen-bond donors (Lipinski definition) is 2. The van der Waals surface area contributed by atoms with Crippen molar-refractivity contribution in [2.24, 2.45) is 4.99 Å². The van der Waals surface area contributed by atoms with Crippen LogP contribution in [-0.2, 0) is 0 Å². The molecule has 2 saturated heterocycles. The number of amides is 2. The van der Waals surface area contributed by atoms with E-state index in [1.165, 1.54) is 0 Å². The molecule has 0 saturated carbocycles. The first kappa shape index (κ1) is 28.1. The maximum Gasteiger partial charge on any atom is 0.256 e. The number of anilines is 1. The molecule has 4 heterocycles. The van der Waals surface area contributed by atoms with Crippen molar-refractivity contribution in [2.45, 2.75) is 56.7 Å². The number of aliphatic hydroxyl groups excluding tert-OH is 1. The number of benzene rings is 2. The Morgan fingerprint density at radius 3 is 2.33 bits per heavy atom. The minimum absolute atomic E-state index is 0.0482. The standard InChI is InChI=1S/C31H38N4O7/c1-39-26-12-22-24(32-16-19-7-6-8-34(19)30(22)37)14-28(26)41-9-4-3-5-10-42-29-15-25-23(13-27(29)40-2)31(38)35-18-21(36)11-20(35)17-33-25/h12-15,17,19-21,32,36H,3-11,16,18H2,1-2H3/t19-,20-,21+/m0/s1. The van der Waals surface area contributed by atoms with Gasteiger partial charge in [0.05, 0.1) is 62.1 Å². The van der Waals surface area contributed by atoms with Crippen LogP contribution in [0.1, 0.15) is 59.2 Å². The van der Waals surface area contributed by atoms with Crippen LogP contribution in [0, 0.1) is 0 Å². The first-order valence-electron chi connectivity index (χ1n) is 14.7. The molecule has 0 aromatic heterocycles. The summed E-state index contributed by atoms with van der Waals surface area (Å²) in [5, 5.41) is 13.4. The monoisotopic (exact) mass is 578 g/mol. The molecule has 2 aromatic carbocycles. The quantitative estimate of drug-likeness (QED) is 0.410. The van der Waals surface area contributed by atoms with Crippen LogP contribution < -0.4 is 24.3 Å². The van der Waals surface area contributed by atoms with Crippen molar-refractivity contribution in [3.8, 4) is 23.0 Å². The molecule has 3 atom stereocenters. The average molecular weight is 579 g/mol. The molecule has 11 heteroatoms. The van der Waals surface area contributed by atoms with Gasteiger partial charge in [0, 0.05) is 50.4 Å². The highest BCUT2D eigenvalue weighted by molar-refractivity contribution is 6.03. The molecule has 2 fully saturated rings. The minimum Gasteiger partial charge on any atom is -0.493 e. The van der Waals surface area contributed by atoms with E-state index in [0.29, 0.717) is 66.0 Å². The number of ether oxygens (including phenoxy) is 4. The number of fused-ring (bicyclic) bond motifs is 4. The molecular weight excluding hydrogens is 540 g/mol. The molecule has 2 amide bonds. The highest BCUT2D eigenvalue weighted by Crippen LogP contribution is 2.39. The van der Waals surface area contributed by atoms with Crippen molar-refractivity contribution in [3.05, 3.63) is 35.4 Å². The summed E-state index contributed by atoms with van der Waals surface area (Å²) in [6.45, 7) is 2.81. The van der Waals surface area contributed by atoms with Crippen LogP contribution >= 0.6 is 0 Å². The SMILES string of the molecule is COc1cc2c(cc1OCCCCCOc1cc3c(cc1OC)C(=O)N1CCC[C@H]1CN3)N=C[C@@H]1C[C@@H](O)CN1C2=O. The van der Waals surface area contributed by atoms with Crippen molar-refractivity contribution >= 4 is 29.4 Å². The van der Waals surface area contributed by atoms with Crippen molar-refractivity contribution in [1.82, 2.24) is 9.80 Å². The van der Waals surface area contributed by atoms with E-state index in [2.05, 4.69) is 10.3 Å². The lowest BCUT2D eigenvalue weighted by Gasteiger charge is -2.21. The lowest BCUT2D eigenvalue weighted by atomic mass is 10.1. The summed E-state index contributed by atoms with van der Waals surface area (Å²) >= 11 is 0. The van der Waals surface area contributed by atoms with Crippen LogP contribution in [-0.4, -0.2) is 98.2 Å². The van der Waals surface area contributed by atoms with Crippen LogP contribution in [0.2, 0.25) is 0 Å². The fraction of sp³-hybridized carbons (Fsp3) is 0.516. The highest BCUT2D eigenvalue weighted by Gasteiger charge is 2.37. The maximum absolute atomic E-state index is 13.1. The number of rotatable bonds is 10. The van der Waals surface area contributed by atoms with E-state index < -0.39 is 6.10 Å². The average Bonchev–Trinajstić information content (AvgIpc) is 3.57. The van der Waals surface area contributed by atoms with Gasteiger partial charge in [0.15, 0.2) is 23.0 Å². The third kappa shape index (κ3) is 5.45. The van der Waals surface area contributed by atoms with Crippen LogP contribution in [0.5, 0.6) is 23.0 Å². The van der Waals surface area contributed by atoms with Crippen LogP contribution in [0.25, 0.3) is 0 Å². The number of aliphatic hydroxyl groups is 1. The molecule has 2 aromatic rings. The van der Waals surface area contributed by atoms with Gasteiger partial charge < -0.3 is 39.2 Å². The zero-order valence-electron chi connectivity index (χ0n) is 24.1. The van der Waals surface area contributed by atoms with E-state index >= 15 is 0 Å². The Labute approximate surface area is 245 Å². The van der Waals surface area contributed by atoms with E-state index in [1.54, 1.807) is 43.5 Å². The Bertz CT molecular complexity index is 1380. The number of methoxy groups -OCH3 is 2. The lowest BCUT2D eigenvalue weighted by molar-refractivity contribution is 0.0743. The summed E-state index contributed by atoms with van der Waals surface area (Å²) in [6.07, 6.45) is 6.24. The molecule has 0 aliphatic carbocycles. The molecule has 4 aliphatic heterocycles. The van der Waals surface area contributed by atoms with Gasteiger partial charge in [-0.05, 0) is 44.2 Å². The van der Waals surface area contributed by atoms with E-state index in [9.17, 15) is 14.7 Å². The minimum atomic E-state index is -0.535. The van der Waals surface area contributed by atoms with E-state index in [-0.39, 0.29) is 23.9 Å². The Morgan fingerprint density at radius 1 is 0.905 bits per heavy atom. The Hall–Kier alpha value is -3.99. The van der Waals surface area contributed by atoms with Crippen LogP contribution in [0.15, 0.2) is 29.3 Å². The third-order valence-electron chi connectivity index (χ3n) is 8.48. The predicted octanol–water partition coefficient (Wildman–Crippen LogP) is 3.65. The van der Waals surface area contributed by atoms with Crippen molar-refractivity contribution in [2.75, 3.05) is 52.4 Å². The number of nitrogens with zero attached hydrogens (tertiary/aromatic N) is 3. The number of hydrogen-bond acceptors (Lipinski definition) is 9. The molecule has 4 aliphatic rings. The van der Waals surface area contributed by atoms with Gasteiger partial charge >= 0.3 is 0 Å². The van der Waals surface area contributed by atoms with Gasteiger partial charge in [0.2, 0.25) is 0 Å². The Morgan fingerprint density at radius 2 is 1.60 bits per heavy atom. The summed E-state index contributed by atoms with van der Waals surface area (Å²) in [7, 11) is 3.13. The summed E-state index contributed by atoms with van der Waals surface area (Å²) in [5.41, 5.74) is 2.40. The Kier molecular flexibility index (Phi) is 8.10. The first-order valence-corrected chi connectivity index (χ1v) is 14.7. The van der Waals surface area contributed by atoms with Crippen molar-refractivity contribution in [3.63, 3.8) is 0 Å². The predicted molar refractivity (Wildman–Crippen MR) is 157 cm³/mol. The first-order chi connectivity index (χ1) is 20.5. The number of carbonyl (C=O) groups is 2. The van der Waals surface area contributed by atoms with E-state index in [1.807, 2.05) is 11.0 Å². The normalized spacial score (nSPS) is 22.4. The summed E-state index contributed by atoms with van der Waals surface area (Å²) < 4.78 is 23.2. The number of carbonyl (C=O) groups excluding carboxylic acids is 2. The molecule has 42 heavy (non-hydrogen) atoms. The molecule has 6 rings (SSSR count). The summed E-state index contributed by atoms with van der Waals surface area (Å²) in [5.74, 6) is 2.07. The van der Waals surface area contributed by atoms with E-state index in [4.69, 9.17) is 18.9 Å². The number of unbranched alkanes of at least 4 members (excludes halogenated alkanes) is 2. The van der Waals surface area contributed by atoms with Gasteiger partial charge in [0.25, 0.3) is 11.8 Å². The van der Waals surface area contributed by atoms with Crippen LogP contribution in [0.4, 0.5) is 11.4 Å². The van der Waals surface area contributed by atoms with Crippen LogP contribution in [0.3, 0.4) is 0 Å². The van der Waals surface area contributed by atoms with Gasteiger partial charge in [-0.3, -0.25) is 14.6 Å². The third-order valence-corrected chi connectivity index (χ3v) is 8.48. The van der Waals surface area contributed by atoms with Gasteiger partial charge in [-0.1, -0.05) is 0 Å². The molecule has 11 nitrogen and oxygen atoms in total. The van der Waals surface area contributed by atoms with Gasteiger partial charge in [0.1, 0.15) is 0 Å². The largest absolute Gasteiger partial charge is 0.493 e. The molecule has 0 spiro atoms. The van der Waals surface area contributed by atoms with Crippen molar-refractivity contribution < 1.29 is 33.6 Å². The summed E-state index contributed by atoms with van der Waals surface area (Å²) in [6, 6.07) is 7.11. The smallest absolute Gasteiger partial charge is 0.256 e. The second kappa shape index (κ2) is 12.1. The molecular formula is C31H38N4O7. The fourth-order valence-corrected chi connectivity index (χ4v) is 6.24. The highest BCUT2D eigenvalue weighted by atomic mass is 16.5. The fourth-order valence-electron chi connectivity index (χ4n) is 6.24. The second-order valence-corrected chi connectivity index (χ2v) is 11.2. The zero-order chi connectivity index (χ0) is 29.2. The summed E-state index contributed by atoms with van der Waals surface area (Å²) in [4.78, 5) is 34.3. The molecule has 224 valence electrons. The van der Waals surface area contributed by atoms with Gasteiger partial charge in [-0.2, -0.15) is 0 Å². The zero-order valence-corrected chi connectivity index (χ0v) is 24.1. The molecule has 0 bridgehead atoms. The van der Waals surface area contributed by atoms with E-state index in [0.717, 1.165) is 50.9 Å². The topological polar surface area (TPSA) is 122 Å². The maximum atomic E-state index is 13.1. The molecule has 2 N–H and O–H groups in total. The molecule has 0 unspecified atom stereocenters. The lowest BCUT2D eigenvalue weighted by Crippen LogP contribution is -2.36. The Balaban J connectivity index is 1.01.